The number of carbonyl (C=O) groups is 2. The van der Waals surface area contributed by atoms with Crippen molar-refractivity contribution in [3.05, 3.63) is 23.8 Å². The van der Waals surface area contributed by atoms with Crippen LogP contribution in [0.4, 0.5) is 11.4 Å². The van der Waals surface area contributed by atoms with Gasteiger partial charge in [-0.3, -0.25) is 9.59 Å². The van der Waals surface area contributed by atoms with Gasteiger partial charge < -0.3 is 15.1 Å². The summed E-state index contributed by atoms with van der Waals surface area (Å²) in [7, 11) is 0. The second kappa shape index (κ2) is 9.25. The maximum atomic E-state index is 13.3. The molecule has 5 nitrogen and oxygen atoms in total. The van der Waals surface area contributed by atoms with E-state index in [1.54, 1.807) is 0 Å². The van der Waals surface area contributed by atoms with Gasteiger partial charge in [0.05, 0.1) is 5.56 Å². The first-order valence-corrected chi connectivity index (χ1v) is 10.6. The minimum absolute atomic E-state index is 0.00780. The van der Waals surface area contributed by atoms with E-state index < -0.39 is 0 Å². The maximum Gasteiger partial charge on any atom is 0.256 e. The number of benzene rings is 1. The van der Waals surface area contributed by atoms with E-state index in [-0.39, 0.29) is 11.8 Å². The number of anilines is 2. The Morgan fingerprint density at radius 3 is 2.44 bits per heavy atom. The fourth-order valence-corrected chi connectivity index (χ4v) is 4.03. The molecule has 0 aliphatic carbocycles. The van der Waals surface area contributed by atoms with Gasteiger partial charge in [-0.15, -0.1) is 0 Å². The van der Waals surface area contributed by atoms with Crippen LogP contribution in [-0.2, 0) is 4.79 Å². The molecule has 2 aliphatic heterocycles. The zero-order valence-corrected chi connectivity index (χ0v) is 16.8. The van der Waals surface area contributed by atoms with Gasteiger partial charge in [-0.05, 0) is 62.6 Å². The average Bonchev–Trinajstić information content (AvgIpc) is 2.69. The third kappa shape index (κ3) is 5.02. The van der Waals surface area contributed by atoms with Gasteiger partial charge in [-0.2, -0.15) is 0 Å². The monoisotopic (exact) mass is 371 g/mol. The fraction of sp³-hybridized carbons (Fsp3) is 0.636. The Hall–Kier alpha value is -2.04. The molecule has 0 radical (unpaired) electrons. The van der Waals surface area contributed by atoms with Gasteiger partial charge >= 0.3 is 0 Å². The minimum Gasteiger partial charge on any atom is -0.371 e. The Morgan fingerprint density at radius 1 is 1.07 bits per heavy atom. The molecule has 0 spiro atoms. The molecule has 2 heterocycles. The molecular weight excluding hydrogens is 338 g/mol. The summed E-state index contributed by atoms with van der Waals surface area (Å²) in [6.45, 7) is 7.93. The maximum absolute atomic E-state index is 13.3. The van der Waals surface area contributed by atoms with Crippen molar-refractivity contribution in [1.82, 2.24) is 4.90 Å². The lowest BCUT2D eigenvalue weighted by atomic mass is 9.97. The van der Waals surface area contributed by atoms with Crippen LogP contribution in [-0.4, -0.2) is 42.9 Å². The summed E-state index contributed by atoms with van der Waals surface area (Å²) >= 11 is 0. The van der Waals surface area contributed by atoms with E-state index in [0.717, 1.165) is 81.1 Å². The molecule has 148 valence electrons. The number of piperidine rings is 2. The van der Waals surface area contributed by atoms with E-state index in [1.807, 2.05) is 30.0 Å². The summed E-state index contributed by atoms with van der Waals surface area (Å²) in [5.74, 6) is 0.860. The lowest BCUT2D eigenvalue weighted by Crippen LogP contribution is -2.38. The zero-order valence-electron chi connectivity index (χ0n) is 16.8. The van der Waals surface area contributed by atoms with Crippen LogP contribution in [0.1, 0.15) is 69.2 Å². The molecule has 0 aromatic heterocycles. The Kier molecular flexibility index (Phi) is 6.75. The van der Waals surface area contributed by atoms with E-state index in [2.05, 4.69) is 17.1 Å². The highest BCUT2D eigenvalue weighted by Gasteiger charge is 2.25. The molecule has 0 saturated carbocycles. The minimum atomic E-state index is 0.00780. The van der Waals surface area contributed by atoms with Gasteiger partial charge in [0.2, 0.25) is 5.91 Å². The van der Waals surface area contributed by atoms with Crippen molar-refractivity contribution >= 4 is 23.2 Å². The third-order valence-electron chi connectivity index (χ3n) is 5.76. The average molecular weight is 372 g/mol. The smallest absolute Gasteiger partial charge is 0.256 e. The number of likely N-dealkylation sites (tertiary alicyclic amines) is 1. The van der Waals surface area contributed by atoms with Crippen molar-refractivity contribution in [1.29, 1.82) is 0 Å². The summed E-state index contributed by atoms with van der Waals surface area (Å²) < 4.78 is 0. The van der Waals surface area contributed by atoms with Crippen LogP contribution < -0.4 is 10.2 Å². The molecule has 0 atom stereocenters. The van der Waals surface area contributed by atoms with Gasteiger partial charge in [0.25, 0.3) is 5.91 Å². The summed E-state index contributed by atoms with van der Waals surface area (Å²) in [6.07, 6.45) is 6.99. The first-order chi connectivity index (χ1) is 13.1. The van der Waals surface area contributed by atoms with Crippen molar-refractivity contribution < 1.29 is 9.59 Å². The van der Waals surface area contributed by atoms with Crippen molar-refractivity contribution in [2.24, 2.45) is 5.92 Å². The van der Waals surface area contributed by atoms with Crippen LogP contribution in [0.5, 0.6) is 0 Å². The lowest BCUT2D eigenvalue weighted by Gasteiger charge is -2.35. The molecule has 3 rings (SSSR count). The Balaban J connectivity index is 1.86. The van der Waals surface area contributed by atoms with Crippen molar-refractivity contribution in [2.75, 3.05) is 36.4 Å². The predicted octanol–water partition coefficient (Wildman–Crippen LogP) is 4.29. The van der Waals surface area contributed by atoms with Crippen LogP contribution in [0.3, 0.4) is 0 Å². The SMILES string of the molecule is CCCC(=O)Nc1ccc(N2CCC(C)CC2)c(C(=O)N2CCCCC2)c1. The molecule has 1 aromatic rings. The molecule has 0 bridgehead atoms. The molecule has 27 heavy (non-hydrogen) atoms. The van der Waals surface area contributed by atoms with Crippen LogP contribution in [0.15, 0.2) is 18.2 Å². The highest BCUT2D eigenvalue weighted by Crippen LogP contribution is 2.30. The second-order valence-corrected chi connectivity index (χ2v) is 8.05. The molecule has 1 aromatic carbocycles. The topological polar surface area (TPSA) is 52.7 Å². The number of amides is 2. The van der Waals surface area contributed by atoms with E-state index in [0.29, 0.717) is 6.42 Å². The van der Waals surface area contributed by atoms with Crippen molar-refractivity contribution in [2.45, 2.75) is 58.8 Å². The van der Waals surface area contributed by atoms with Crippen LogP contribution in [0, 0.1) is 5.92 Å². The Bertz CT molecular complexity index is 660. The molecule has 1 N–H and O–H groups in total. The van der Waals surface area contributed by atoms with Gasteiger partial charge in [-0.1, -0.05) is 13.8 Å². The second-order valence-electron chi connectivity index (χ2n) is 8.05. The van der Waals surface area contributed by atoms with Crippen molar-refractivity contribution in [3.63, 3.8) is 0 Å². The largest absolute Gasteiger partial charge is 0.371 e. The predicted molar refractivity (Wildman–Crippen MR) is 110 cm³/mol. The lowest BCUT2D eigenvalue weighted by molar-refractivity contribution is -0.116. The summed E-state index contributed by atoms with van der Waals surface area (Å²) in [5.41, 5.74) is 2.48. The van der Waals surface area contributed by atoms with Crippen molar-refractivity contribution in [3.8, 4) is 0 Å². The number of hydrogen-bond acceptors (Lipinski definition) is 3. The van der Waals surface area contributed by atoms with E-state index in [4.69, 9.17) is 0 Å². The van der Waals surface area contributed by atoms with Crippen LogP contribution in [0.2, 0.25) is 0 Å². The molecule has 2 fully saturated rings. The van der Waals surface area contributed by atoms with E-state index in [9.17, 15) is 9.59 Å². The molecule has 2 aliphatic rings. The first kappa shape index (κ1) is 19.7. The molecule has 0 unspecified atom stereocenters. The number of nitrogens with one attached hydrogen (secondary N) is 1. The molecule has 2 amide bonds. The zero-order chi connectivity index (χ0) is 19.2. The summed E-state index contributed by atoms with van der Waals surface area (Å²) in [6, 6.07) is 5.85. The van der Waals surface area contributed by atoms with Gasteiger partial charge in [0.15, 0.2) is 0 Å². The number of carbonyl (C=O) groups excluding carboxylic acids is 2. The molecule has 5 heteroatoms. The van der Waals surface area contributed by atoms with E-state index >= 15 is 0 Å². The first-order valence-electron chi connectivity index (χ1n) is 10.6. The number of rotatable bonds is 5. The highest BCUT2D eigenvalue weighted by molar-refractivity contribution is 6.02. The van der Waals surface area contributed by atoms with E-state index in [1.165, 1.54) is 6.42 Å². The Labute approximate surface area is 163 Å². The fourth-order valence-electron chi connectivity index (χ4n) is 4.03. The number of nitrogens with zero attached hydrogens (tertiary/aromatic N) is 2. The molecule has 2 saturated heterocycles. The summed E-state index contributed by atoms with van der Waals surface area (Å²) in [5, 5.41) is 2.95. The highest BCUT2D eigenvalue weighted by atomic mass is 16.2. The van der Waals surface area contributed by atoms with Gasteiger partial charge in [-0.25, -0.2) is 0 Å². The normalized spacial score (nSPS) is 18.4. The van der Waals surface area contributed by atoms with Gasteiger partial charge in [0, 0.05) is 44.0 Å². The van der Waals surface area contributed by atoms with Crippen LogP contribution in [0.25, 0.3) is 0 Å². The third-order valence-corrected chi connectivity index (χ3v) is 5.76. The van der Waals surface area contributed by atoms with Gasteiger partial charge in [0.1, 0.15) is 0 Å². The standard InChI is InChI=1S/C22H33N3O2/c1-3-7-21(26)23-18-8-9-20(24-14-10-17(2)11-15-24)19(16-18)22(27)25-12-5-4-6-13-25/h8-9,16-17H,3-7,10-15H2,1-2H3,(H,23,26). The number of hydrogen-bond donors (Lipinski definition) is 1. The van der Waals surface area contributed by atoms with Crippen LogP contribution >= 0.6 is 0 Å². The summed E-state index contributed by atoms with van der Waals surface area (Å²) in [4.78, 5) is 29.6. The quantitative estimate of drug-likeness (QED) is 0.840. The molecular formula is C22H33N3O2. The Morgan fingerprint density at radius 2 is 1.78 bits per heavy atom.